The largest absolute Gasteiger partial charge is 0.481 e. The molecule has 0 spiro atoms. The average molecular weight is 479 g/mol. The van der Waals surface area contributed by atoms with Gasteiger partial charge in [0.25, 0.3) is 0 Å². The van der Waals surface area contributed by atoms with E-state index in [0.717, 1.165) is 22.3 Å². The summed E-state index contributed by atoms with van der Waals surface area (Å²) >= 11 is 0. The molecule has 1 fully saturated rings. The van der Waals surface area contributed by atoms with E-state index >= 15 is 0 Å². The molecule has 2 aliphatic rings. The van der Waals surface area contributed by atoms with Crippen molar-refractivity contribution in [1.82, 2.24) is 10.2 Å². The van der Waals surface area contributed by atoms with Crippen molar-refractivity contribution in [3.63, 3.8) is 0 Å². The van der Waals surface area contributed by atoms with Crippen LogP contribution in [0, 0.1) is 5.92 Å². The first-order chi connectivity index (χ1) is 16.8. The van der Waals surface area contributed by atoms with Gasteiger partial charge in [-0.25, -0.2) is 4.79 Å². The Kier molecular flexibility index (Phi) is 7.15. The van der Waals surface area contributed by atoms with Gasteiger partial charge in [-0.05, 0) is 54.9 Å². The number of nitrogens with one attached hydrogen (secondary N) is 1. The number of carbonyl (C=O) groups excluding carboxylic acids is 2. The second-order valence-corrected chi connectivity index (χ2v) is 9.65. The van der Waals surface area contributed by atoms with Crippen molar-refractivity contribution in [2.75, 3.05) is 13.2 Å². The van der Waals surface area contributed by atoms with Crippen LogP contribution in [0.25, 0.3) is 11.1 Å². The molecule has 4 rings (SSSR count). The summed E-state index contributed by atoms with van der Waals surface area (Å²) in [5.41, 5.74) is 3.48. The number of nitrogens with zero attached hydrogens (tertiary/aromatic N) is 1. The van der Waals surface area contributed by atoms with Crippen LogP contribution < -0.4 is 5.32 Å². The van der Waals surface area contributed by atoms with Crippen LogP contribution in [0.4, 0.5) is 4.79 Å². The minimum atomic E-state index is -1.09. The van der Waals surface area contributed by atoms with Gasteiger partial charge in [0.1, 0.15) is 12.1 Å². The third-order valence-corrected chi connectivity index (χ3v) is 7.79. The predicted octanol–water partition coefficient (Wildman–Crippen LogP) is 4.80. The quantitative estimate of drug-likeness (QED) is 0.596. The van der Waals surface area contributed by atoms with Crippen LogP contribution in [0.5, 0.6) is 0 Å². The maximum absolute atomic E-state index is 13.6. The van der Waals surface area contributed by atoms with E-state index in [9.17, 15) is 19.5 Å². The van der Waals surface area contributed by atoms with Gasteiger partial charge in [-0.1, -0.05) is 62.4 Å². The summed E-state index contributed by atoms with van der Waals surface area (Å²) < 4.78 is 5.71. The number of benzene rings is 2. The second-order valence-electron chi connectivity index (χ2n) is 9.65. The minimum Gasteiger partial charge on any atom is -0.481 e. The fourth-order valence-electron chi connectivity index (χ4n) is 5.59. The normalized spacial score (nSPS) is 19.6. The third kappa shape index (κ3) is 4.64. The number of hydrogen-bond donors (Lipinski definition) is 2. The maximum Gasteiger partial charge on any atom is 0.408 e. The SMILES string of the molecule is CCC(CC)(NC(=O)OCC1c2ccccc2-c2ccccc21)C(=O)N1CC[C@H](C(=O)O)C[C@@H]1C. The number of amides is 2. The standard InChI is InChI=1S/C28H34N2O5/c1-4-28(5-2,26(33)30-15-14-19(25(31)32)16-18(30)3)29-27(34)35-17-24-22-12-8-6-10-20(22)21-11-7-9-13-23(21)24/h6-13,18-19,24H,4-5,14-17H2,1-3H3,(H,29,34)(H,31,32)/t18-,19-/m0/s1. The molecule has 0 bridgehead atoms. The van der Waals surface area contributed by atoms with E-state index in [4.69, 9.17) is 4.74 Å². The average Bonchev–Trinajstić information content (AvgIpc) is 3.19. The molecular formula is C28H34N2O5. The number of hydrogen-bond acceptors (Lipinski definition) is 4. The molecule has 2 aromatic carbocycles. The number of likely N-dealkylation sites (tertiary alicyclic amines) is 1. The van der Waals surface area contributed by atoms with E-state index in [-0.39, 0.29) is 24.5 Å². The Bertz CT molecular complexity index is 1060. The van der Waals surface area contributed by atoms with Gasteiger partial charge in [0.15, 0.2) is 0 Å². The molecule has 35 heavy (non-hydrogen) atoms. The Morgan fingerprint density at radius 1 is 1.03 bits per heavy atom. The molecule has 7 heteroatoms. The monoisotopic (exact) mass is 478 g/mol. The van der Waals surface area contributed by atoms with Crippen LogP contribution >= 0.6 is 0 Å². The lowest BCUT2D eigenvalue weighted by Gasteiger charge is -2.42. The Morgan fingerprint density at radius 2 is 1.60 bits per heavy atom. The zero-order chi connectivity index (χ0) is 25.2. The van der Waals surface area contributed by atoms with Crippen molar-refractivity contribution in [3.05, 3.63) is 59.7 Å². The number of rotatable bonds is 7. The van der Waals surface area contributed by atoms with Gasteiger partial charge in [0, 0.05) is 18.5 Å². The molecule has 0 aromatic heterocycles. The molecule has 2 amide bonds. The van der Waals surface area contributed by atoms with E-state index in [1.165, 1.54) is 0 Å². The minimum absolute atomic E-state index is 0.0587. The lowest BCUT2D eigenvalue weighted by Crippen LogP contribution is -2.62. The van der Waals surface area contributed by atoms with Crippen LogP contribution in [0.3, 0.4) is 0 Å². The summed E-state index contributed by atoms with van der Waals surface area (Å²) in [4.78, 5) is 39.7. The topological polar surface area (TPSA) is 95.9 Å². The number of carboxylic acid groups (broad SMARTS) is 1. The van der Waals surface area contributed by atoms with Crippen molar-refractivity contribution >= 4 is 18.0 Å². The van der Waals surface area contributed by atoms with Gasteiger partial charge in [-0.3, -0.25) is 9.59 Å². The van der Waals surface area contributed by atoms with Crippen LogP contribution in [0.15, 0.2) is 48.5 Å². The molecule has 0 radical (unpaired) electrons. The fourth-order valence-corrected chi connectivity index (χ4v) is 5.59. The van der Waals surface area contributed by atoms with Crippen molar-refractivity contribution in [1.29, 1.82) is 0 Å². The summed E-state index contributed by atoms with van der Waals surface area (Å²) in [6, 6.07) is 16.1. The predicted molar refractivity (Wildman–Crippen MR) is 133 cm³/mol. The number of carbonyl (C=O) groups is 3. The number of alkyl carbamates (subject to hydrolysis) is 1. The Balaban J connectivity index is 1.45. The molecule has 1 aliphatic carbocycles. The van der Waals surface area contributed by atoms with Gasteiger partial charge in [0.2, 0.25) is 5.91 Å². The summed E-state index contributed by atoms with van der Waals surface area (Å²) in [7, 11) is 0. The number of piperidine rings is 1. The molecule has 1 heterocycles. The first-order valence-electron chi connectivity index (χ1n) is 12.5. The van der Waals surface area contributed by atoms with Crippen LogP contribution in [-0.2, 0) is 14.3 Å². The molecule has 1 aliphatic heterocycles. The molecule has 2 aromatic rings. The van der Waals surface area contributed by atoms with Crippen molar-refractivity contribution in [2.45, 2.75) is 64.0 Å². The van der Waals surface area contributed by atoms with Crippen LogP contribution in [0.2, 0.25) is 0 Å². The number of ether oxygens (including phenoxy) is 1. The van der Waals surface area contributed by atoms with E-state index in [1.807, 2.05) is 45.0 Å². The smallest absolute Gasteiger partial charge is 0.408 e. The molecular weight excluding hydrogens is 444 g/mol. The zero-order valence-corrected chi connectivity index (χ0v) is 20.6. The third-order valence-electron chi connectivity index (χ3n) is 7.79. The Labute approximate surface area is 206 Å². The molecule has 2 atom stereocenters. The van der Waals surface area contributed by atoms with Crippen molar-refractivity contribution in [2.24, 2.45) is 5.92 Å². The zero-order valence-electron chi connectivity index (χ0n) is 20.6. The van der Waals surface area contributed by atoms with Gasteiger partial charge in [0.05, 0.1) is 5.92 Å². The lowest BCUT2D eigenvalue weighted by atomic mass is 9.86. The summed E-state index contributed by atoms with van der Waals surface area (Å²) in [5.74, 6) is -1.50. The Hall–Kier alpha value is -3.35. The summed E-state index contributed by atoms with van der Waals surface area (Å²) in [6.07, 6.45) is 1.04. The lowest BCUT2D eigenvalue weighted by molar-refractivity contribution is -0.150. The molecule has 0 saturated carbocycles. The number of aliphatic carboxylic acids is 1. The van der Waals surface area contributed by atoms with Gasteiger partial charge >= 0.3 is 12.1 Å². The van der Waals surface area contributed by atoms with Gasteiger partial charge in [-0.2, -0.15) is 0 Å². The molecule has 2 N–H and O–H groups in total. The highest BCUT2D eigenvalue weighted by Crippen LogP contribution is 2.44. The van der Waals surface area contributed by atoms with Gasteiger partial charge < -0.3 is 20.1 Å². The van der Waals surface area contributed by atoms with E-state index < -0.39 is 23.5 Å². The summed E-state index contributed by atoms with van der Waals surface area (Å²) in [6.45, 7) is 6.17. The summed E-state index contributed by atoms with van der Waals surface area (Å²) in [5, 5.41) is 12.2. The highest BCUT2D eigenvalue weighted by Gasteiger charge is 2.43. The van der Waals surface area contributed by atoms with Crippen LogP contribution in [-0.4, -0.2) is 52.7 Å². The van der Waals surface area contributed by atoms with E-state index in [0.29, 0.717) is 32.2 Å². The number of fused-ring (bicyclic) bond motifs is 3. The molecule has 1 saturated heterocycles. The maximum atomic E-state index is 13.6. The first-order valence-corrected chi connectivity index (χ1v) is 12.5. The molecule has 186 valence electrons. The van der Waals surface area contributed by atoms with Gasteiger partial charge in [-0.15, -0.1) is 0 Å². The van der Waals surface area contributed by atoms with E-state index in [1.54, 1.807) is 4.90 Å². The Morgan fingerprint density at radius 3 is 2.11 bits per heavy atom. The fraction of sp³-hybridized carbons (Fsp3) is 0.464. The molecule has 7 nitrogen and oxygen atoms in total. The highest BCUT2D eigenvalue weighted by molar-refractivity contribution is 5.90. The van der Waals surface area contributed by atoms with Crippen molar-refractivity contribution in [3.8, 4) is 11.1 Å². The van der Waals surface area contributed by atoms with Crippen molar-refractivity contribution < 1.29 is 24.2 Å². The number of carboxylic acids is 1. The highest BCUT2D eigenvalue weighted by atomic mass is 16.5. The molecule has 0 unspecified atom stereocenters. The second kappa shape index (κ2) is 10.1. The first kappa shape index (κ1) is 24.8. The van der Waals surface area contributed by atoms with Crippen LogP contribution in [0.1, 0.15) is 63.5 Å². The van der Waals surface area contributed by atoms with E-state index in [2.05, 4.69) is 29.6 Å².